The van der Waals surface area contributed by atoms with Crippen molar-refractivity contribution in [1.82, 2.24) is 6.15 Å². The average molecular weight is 193 g/mol. The van der Waals surface area contributed by atoms with Crippen LogP contribution in [0.5, 0.6) is 0 Å². The first kappa shape index (κ1) is 254. The van der Waals surface area contributed by atoms with Gasteiger partial charge in [0.2, 0.25) is 0 Å². The average Bonchev–Trinajstić information content (AvgIpc) is 0. The molecular formula is H3AlNO3Ru. The summed E-state index contributed by atoms with van der Waals surface area (Å²) in [5.41, 5.74) is 0. The van der Waals surface area contributed by atoms with Gasteiger partial charge in [-0.25, -0.2) is 0 Å². The third-order valence-electron chi connectivity index (χ3n) is 0. The summed E-state index contributed by atoms with van der Waals surface area (Å²) >= 11 is 0. The Labute approximate surface area is 59.7 Å². The molecule has 0 fully saturated rings. The minimum absolute atomic E-state index is 0. The number of rotatable bonds is 0. The van der Waals surface area contributed by atoms with Gasteiger partial charge in [0.25, 0.3) is 0 Å². The third kappa shape index (κ3) is 80.4. The van der Waals surface area contributed by atoms with Gasteiger partial charge in [0.15, 0.2) is 0 Å². The van der Waals surface area contributed by atoms with Crippen molar-refractivity contribution >= 4 is 17.4 Å². The number of hydrogen-bond acceptors (Lipinski definition) is 1. The van der Waals surface area contributed by atoms with Gasteiger partial charge in [-0.2, -0.15) is 0 Å². The maximum absolute atomic E-state index is 0. The molecular weight excluding hydrogens is 190 g/mol. The van der Waals surface area contributed by atoms with E-state index in [4.69, 9.17) is 0 Å². The van der Waals surface area contributed by atoms with Crippen LogP contribution >= 0.6 is 0 Å². The van der Waals surface area contributed by atoms with Crippen molar-refractivity contribution in [2.75, 3.05) is 0 Å². The summed E-state index contributed by atoms with van der Waals surface area (Å²) in [5.74, 6) is 0. The summed E-state index contributed by atoms with van der Waals surface area (Å²) in [5, 5.41) is 0. The van der Waals surface area contributed by atoms with Gasteiger partial charge in [0.1, 0.15) is 0 Å². The fourth-order valence-electron chi connectivity index (χ4n) is 0. The molecule has 37 valence electrons. The van der Waals surface area contributed by atoms with Crippen LogP contribution in [0.2, 0.25) is 0 Å². The zero-order valence-corrected chi connectivity index (χ0v) is 5.76. The van der Waals surface area contributed by atoms with Gasteiger partial charge in [0.05, 0.1) is 0 Å². The molecule has 0 spiro atoms. The van der Waals surface area contributed by atoms with Crippen LogP contribution in [0.4, 0.5) is 0 Å². The summed E-state index contributed by atoms with van der Waals surface area (Å²) < 4.78 is 0. The van der Waals surface area contributed by atoms with Crippen LogP contribution in [0, 0.1) is 0 Å². The van der Waals surface area contributed by atoms with Gasteiger partial charge < -0.3 is 22.6 Å². The largest absolute Gasteiger partial charge is 3.00 e. The molecule has 0 atom stereocenters. The van der Waals surface area contributed by atoms with E-state index in [0.29, 0.717) is 0 Å². The van der Waals surface area contributed by atoms with E-state index in [1.165, 1.54) is 0 Å². The second kappa shape index (κ2) is 151. The molecule has 0 amide bonds. The van der Waals surface area contributed by atoms with Crippen LogP contribution in [0.3, 0.4) is 0 Å². The molecule has 0 heterocycles. The molecule has 0 aromatic heterocycles. The van der Waals surface area contributed by atoms with E-state index >= 15 is 0 Å². The van der Waals surface area contributed by atoms with E-state index in [0.717, 1.165) is 0 Å². The molecule has 1 radical (unpaired) electrons. The van der Waals surface area contributed by atoms with Crippen LogP contribution < -0.4 is 6.15 Å². The third-order valence-corrected chi connectivity index (χ3v) is 0. The summed E-state index contributed by atoms with van der Waals surface area (Å²) in [4.78, 5) is 0. The van der Waals surface area contributed by atoms with Crippen LogP contribution in [-0.4, -0.2) is 17.4 Å². The quantitative estimate of drug-likeness (QED) is 0.508. The first-order valence-electron chi connectivity index (χ1n) is 0. The monoisotopic (exact) mass is 194 g/mol. The summed E-state index contributed by atoms with van der Waals surface area (Å²) in [6.07, 6.45) is 0. The fraction of sp³-hybridized carbons (Fsp3) is 0. The van der Waals surface area contributed by atoms with Crippen molar-refractivity contribution in [3.05, 3.63) is 0 Å². The van der Waals surface area contributed by atoms with E-state index in [2.05, 4.69) is 0 Å². The summed E-state index contributed by atoms with van der Waals surface area (Å²) in [6, 6.07) is 0. The molecule has 0 saturated carbocycles. The van der Waals surface area contributed by atoms with Crippen LogP contribution in [0.1, 0.15) is 0 Å². The smallest absolute Gasteiger partial charge is 2.00 e. The van der Waals surface area contributed by atoms with Crippen molar-refractivity contribution in [2.24, 2.45) is 0 Å². The van der Waals surface area contributed by atoms with Crippen molar-refractivity contribution in [3.8, 4) is 0 Å². The molecule has 0 rings (SSSR count). The van der Waals surface area contributed by atoms with Crippen LogP contribution in [-0.2, 0) is 35.9 Å². The van der Waals surface area contributed by atoms with Gasteiger partial charge in [-0.3, -0.25) is 0 Å². The molecule has 0 aromatic carbocycles. The minimum atomic E-state index is 0. The predicted molar refractivity (Wildman–Crippen MR) is 12.8 cm³/mol. The molecule has 0 aliphatic carbocycles. The van der Waals surface area contributed by atoms with Crippen LogP contribution in [0.25, 0.3) is 0 Å². The Morgan fingerprint density at radius 1 is 0.667 bits per heavy atom. The van der Waals surface area contributed by atoms with E-state index < -0.39 is 0 Å². The second-order valence-corrected chi connectivity index (χ2v) is 0. The Balaban J connectivity index is 0. The first-order chi connectivity index (χ1) is 0. The maximum Gasteiger partial charge on any atom is 3.00 e. The Morgan fingerprint density at radius 2 is 0.667 bits per heavy atom. The Bertz CT molecular complexity index is 10.8. The van der Waals surface area contributed by atoms with E-state index in [-0.39, 0.29) is 59.4 Å². The van der Waals surface area contributed by atoms with Crippen molar-refractivity contribution in [1.29, 1.82) is 0 Å². The predicted octanol–water partition coefficient (Wildman–Crippen LogP) is -0.578. The van der Waals surface area contributed by atoms with Gasteiger partial charge >= 0.3 is 36.8 Å². The Hall–Kier alpha value is 0.996. The SMILES string of the molecule is N.[Al+3].[O-2].[O-2].[O-2].[Ru+3]. The zero-order chi connectivity index (χ0) is 0. The van der Waals surface area contributed by atoms with Crippen molar-refractivity contribution in [3.63, 3.8) is 0 Å². The molecule has 0 bridgehead atoms. The number of hydrogen-bond donors (Lipinski definition) is 1. The standard InChI is InChI=1S/Al.H3N.3O.Ru/h;1H3;;;;/q+3;;3*-2;+3. The van der Waals surface area contributed by atoms with Crippen molar-refractivity contribution < 1.29 is 35.9 Å². The van der Waals surface area contributed by atoms with E-state index in [1.54, 1.807) is 0 Å². The normalized spacial score (nSPS) is 0. The molecule has 0 aliphatic rings. The second-order valence-electron chi connectivity index (χ2n) is 0. The van der Waals surface area contributed by atoms with Gasteiger partial charge in [-0.1, -0.05) is 0 Å². The molecule has 3 N–H and O–H groups in total. The van der Waals surface area contributed by atoms with Crippen molar-refractivity contribution in [2.45, 2.75) is 0 Å². The summed E-state index contributed by atoms with van der Waals surface area (Å²) in [7, 11) is 0. The van der Waals surface area contributed by atoms with E-state index in [1.807, 2.05) is 0 Å². The molecule has 6 heavy (non-hydrogen) atoms. The first-order valence-corrected chi connectivity index (χ1v) is 0. The Morgan fingerprint density at radius 3 is 0.667 bits per heavy atom. The molecule has 6 heteroatoms. The van der Waals surface area contributed by atoms with Gasteiger partial charge in [-0.05, 0) is 0 Å². The molecule has 4 nitrogen and oxygen atoms in total. The maximum atomic E-state index is 0. The van der Waals surface area contributed by atoms with Crippen LogP contribution in [0.15, 0.2) is 0 Å². The molecule has 0 aliphatic heterocycles. The minimum Gasteiger partial charge on any atom is -2.00 e. The summed E-state index contributed by atoms with van der Waals surface area (Å²) in [6.45, 7) is 0. The fourth-order valence-corrected chi connectivity index (χ4v) is 0. The molecule has 0 saturated heterocycles. The van der Waals surface area contributed by atoms with E-state index in [9.17, 15) is 0 Å². The zero-order valence-electron chi connectivity index (χ0n) is 2.86. The van der Waals surface area contributed by atoms with Gasteiger partial charge in [0, 0.05) is 0 Å². The Kier molecular flexibility index (Phi) is 6380. The van der Waals surface area contributed by atoms with Gasteiger partial charge in [-0.15, -0.1) is 0 Å². The molecule has 0 unspecified atom stereocenters. The topological polar surface area (TPSA) is 120 Å². The molecule has 0 aromatic rings.